The molecule has 1 saturated heterocycles. The van der Waals surface area contributed by atoms with Gasteiger partial charge in [-0.3, -0.25) is 4.79 Å². The van der Waals surface area contributed by atoms with Crippen LogP contribution in [0, 0.1) is 0 Å². The second-order valence-electron chi connectivity index (χ2n) is 6.12. The lowest BCUT2D eigenvalue weighted by Crippen LogP contribution is -2.39. The number of amides is 1. The molecule has 6 nitrogen and oxygen atoms in total. The van der Waals surface area contributed by atoms with Crippen molar-refractivity contribution >= 4 is 17.3 Å². The minimum atomic E-state index is -0.0323. The molecule has 0 aromatic heterocycles. The van der Waals surface area contributed by atoms with Crippen molar-refractivity contribution in [3.05, 3.63) is 23.8 Å². The Balaban J connectivity index is 2.18. The van der Waals surface area contributed by atoms with Gasteiger partial charge in [0, 0.05) is 52.3 Å². The number of nitrogens with zero attached hydrogens (tertiary/aromatic N) is 2. The molecule has 128 valence electrons. The molecule has 0 bridgehead atoms. The van der Waals surface area contributed by atoms with Crippen molar-refractivity contribution in [1.82, 2.24) is 4.90 Å². The van der Waals surface area contributed by atoms with Crippen molar-refractivity contribution < 1.29 is 14.3 Å². The van der Waals surface area contributed by atoms with Crippen molar-refractivity contribution in [2.75, 3.05) is 51.6 Å². The van der Waals surface area contributed by atoms with Gasteiger partial charge in [0.15, 0.2) is 0 Å². The molecular formula is C17H27N3O3. The summed E-state index contributed by atoms with van der Waals surface area (Å²) in [7, 11) is 5.50. The molecule has 1 fully saturated rings. The van der Waals surface area contributed by atoms with Gasteiger partial charge in [0.05, 0.1) is 6.10 Å². The average molecular weight is 321 g/mol. The molecule has 1 unspecified atom stereocenters. The molecule has 1 atom stereocenters. The van der Waals surface area contributed by atoms with Crippen LogP contribution in [0.25, 0.3) is 0 Å². The maximum atomic E-state index is 12.4. The van der Waals surface area contributed by atoms with Gasteiger partial charge in [-0.15, -0.1) is 0 Å². The van der Waals surface area contributed by atoms with Gasteiger partial charge in [-0.1, -0.05) is 0 Å². The van der Waals surface area contributed by atoms with E-state index < -0.39 is 0 Å². The summed E-state index contributed by atoms with van der Waals surface area (Å²) in [4.78, 5) is 16.2. The third-order valence-corrected chi connectivity index (χ3v) is 4.02. The summed E-state index contributed by atoms with van der Waals surface area (Å²) < 4.78 is 10.7. The minimum Gasteiger partial charge on any atom is -0.399 e. The quantitative estimate of drug-likeness (QED) is 0.771. The standard InChI is InChI=1S/C17H27N3O3/c1-19(2)16-7-6-14(18)9-13(16)10-20(17(21)12-22-3)11-15-5-4-8-23-15/h6-7,9,15H,4-5,8,10-12,18H2,1-3H3. The number of benzene rings is 1. The number of anilines is 2. The maximum Gasteiger partial charge on any atom is 0.248 e. The lowest BCUT2D eigenvalue weighted by Gasteiger charge is -2.27. The molecule has 1 aliphatic rings. The number of nitrogen functional groups attached to an aromatic ring is 1. The van der Waals surface area contributed by atoms with E-state index in [0.717, 1.165) is 30.7 Å². The van der Waals surface area contributed by atoms with Gasteiger partial charge in [0.25, 0.3) is 0 Å². The third-order valence-electron chi connectivity index (χ3n) is 4.02. The summed E-state index contributed by atoms with van der Waals surface area (Å²) in [6, 6.07) is 5.79. The number of hydrogen-bond donors (Lipinski definition) is 1. The van der Waals surface area contributed by atoms with Gasteiger partial charge in [-0.25, -0.2) is 0 Å². The second-order valence-corrected chi connectivity index (χ2v) is 6.12. The van der Waals surface area contributed by atoms with Crippen LogP contribution in [0.15, 0.2) is 18.2 Å². The van der Waals surface area contributed by atoms with E-state index in [-0.39, 0.29) is 18.6 Å². The Labute approximate surface area is 138 Å². The largest absolute Gasteiger partial charge is 0.399 e. The fourth-order valence-corrected chi connectivity index (χ4v) is 2.88. The summed E-state index contributed by atoms with van der Waals surface area (Å²) in [5.41, 5.74) is 8.71. The molecule has 0 saturated carbocycles. The normalized spacial score (nSPS) is 17.3. The summed E-state index contributed by atoms with van der Waals surface area (Å²) in [6.45, 7) is 1.94. The minimum absolute atomic E-state index is 0.0323. The molecule has 6 heteroatoms. The fourth-order valence-electron chi connectivity index (χ4n) is 2.88. The van der Waals surface area contributed by atoms with Crippen LogP contribution in [0.5, 0.6) is 0 Å². The summed E-state index contributed by atoms with van der Waals surface area (Å²) >= 11 is 0. The molecule has 1 aromatic rings. The number of hydrogen-bond acceptors (Lipinski definition) is 5. The van der Waals surface area contributed by atoms with Crippen molar-refractivity contribution in [1.29, 1.82) is 0 Å². The Hall–Kier alpha value is -1.79. The monoisotopic (exact) mass is 321 g/mol. The van der Waals surface area contributed by atoms with Gasteiger partial charge in [0.2, 0.25) is 5.91 Å². The van der Waals surface area contributed by atoms with E-state index in [9.17, 15) is 4.79 Å². The van der Waals surface area contributed by atoms with Crippen molar-refractivity contribution in [2.24, 2.45) is 0 Å². The fraction of sp³-hybridized carbons (Fsp3) is 0.588. The lowest BCUT2D eigenvalue weighted by molar-refractivity contribution is -0.137. The Morgan fingerprint density at radius 2 is 2.22 bits per heavy atom. The van der Waals surface area contributed by atoms with Gasteiger partial charge < -0.3 is 25.0 Å². The van der Waals surface area contributed by atoms with E-state index in [1.807, 2.05) is 37.2 Å². The number of carbonyl (C=O) groups excluding carboxylic acids is 1. The number of carbonyl (C=O) groups is 1. The zero-order valence-corrected chi connectivity index (χ0v) is 14.2. The molecule has 2 N–H and O–H groups in total. The Bertz CT molecular complexity index is 528. The highest BCUT2D eigenvalue weighted by molar-refractivity contribution is 5.78. The second kappa shape index (κ2) is 8.17. The molecule has 0 aliphatic carbocycles. The van der Waals surface area contributed by atoms with Crippen LogP contribution in [0.1, 0.15) is 18.4 Å². The number of ether oxygens (including phenoxy) is 2. The number of methoxy groups -OCH3 is 1. The van der Waals surface area contributed by atoms with Crippen LogP contribution in [0.3, 0.4) is 0 Å². The Morgan fingerprint density at radius 1 is 1.43 bits per heavy atom. The van der Waals surface area contributed by atoms with Gasteiger partial charge >= 0.3 is 0 Å². The van der Waals surface area contributed by atoms with E-state index in [1.165, 1.54) is 7.11 Å². The highest BCUT2D eigenvalue weighted by atomic mass is 16.5. The van der Waals surface area contributed by atoms with Crippen LogP contribution in [-0.2, 0) is 20.8 Å². The van der Waals surface area contributed by atoms with Crippen molar-refractivity contribution in [3.63, 3.8) is 0 Å². The summed E-state index contributed by atoms with van der Waals surface area (Å²) in [6.07, 6.45) is 2.16. The van der Waals surface area contributed by atoms with Gasteiger partial charge in [-0.05, 0) is 36.6 Å². The summed E-state index contributed by atoms with van der Waals surface area (Å²) in [5, 5.41) is 0. The Morgan fingerprint density at radius 3 is 2.83 bits per heavy atom. The first-order valence-electron chi connectivity index (χ1n) is 7.95. The molecule has 1 heterocycles. The molecule has 1 aliphatic heterocycles. The molecule has 0 radical (unpaired) electrons. The van der Waals surface area contributed by atoms with Crippen molar-refractivity contribution in [2.45, 2.75) is 25.5 Å². The number of nitrogens with two attached hydrogens (primary N) is 1. The Kier molecular flexibility index (Phi) is 6.24. The molecule has 0 spiro atoms. The maximum absolute atomic E-state index is 12.4. The molecule has 23 heavy (non-hydrogen) atoms. The van der Waals surface area contributed by atoms with E-state index in [4.69, 9.17) is 15.2 Å². The van der Waals surface area contributed by atoms with Crippen LogP contribution in [0.4, 0.5) is 11.4 Å². The zero-order chi connectivity index (χ0) is 16.8. The predicted octanol–water partition coefficient (Wildman–Crippen LogP) is 1.49. The van der Waals surface area contributed by atoms with Crippen LogP contribution < -0.4 is 10.6 Å². The predicted molar refractivity (Wildman–Crippen MR) is 91.4 cm³/mol. The highest BCUT2D eigenvalue weighted by Gasteiger charge is 2.23. The molecule has 1 amide bonds. The van der Waals surface area contributed by atoms with E-state index in [2.05, 4.69) is 0 Å². The average Bonchev–Trinajstić information content (AvgIpc) is 2.99. The first kappa shape index (κ1) is 17.6. The molecule has 1 aromatic carbocycles. The summed E-state index contributed by atoms with van der Waals surface area (Å²) in [5.74, 6) is -0.0323. The smallest absolute Gasteiger partial charge is 0.248 e. The third kappa shape index (κ3) is 4.84. The van der Waals surface area contributed by atoms with E-state index in [1.54, 1.807) is 4.90 Å². The molecular weight excluding hydrogens is 294 g/mol. The molecule has 2 rings (SSSR count). The SMILES string of the molecule is COCC(=O)N(Cc1cc(N)ccc1N(C)C)CC1CCCO1. The van der Waals surface area contributed by atoms with Gasteiger partial charge in [-0.2, -0.15) is 0 Å². The zero-order valence-electron chi connectivity index (χ0n) is 14.2. The topological polar surface area (TPSA) is 68.0 Å². The van der Waals surface area contributed by atoms with Crippen LogP contribution >= 0.6 is 0 Å². The van der Waals surface area contributed by atoms with Crippen LogP contribution in [-0.4, -0.2) is 57.9 Å². The number of rotatable bonds is 7. The van der Waals surface area contributed by atoms with E-state index >= 15 is 0 Å². The van der Waals surface area contributed by atoms with Crippen LogP contribution in [0.2, 0.25) is 0 Å². The first-order valence-corrected chi connectivity index (χ1v) is 7.95. The first-order chi connectivity index (χ1) is 11.0. The van der Waals surface area contributed by atoms with Crippen molar-refractivity contribution in [3.8, 4) is 0 Å². The van der Waals surface area contributed by atoms with E-state index in [0.29, 0.717) is 18.8 Å². The lowest BCUT2D eigenvalue weighted by atomic mass is 10.1. The highest BCUT2D eigenvalue weighted by Crippen LogP contribution is 2.24. The van der Waals surface area contributed by atoms with Gasteiger partial charge in [0.1, 0.15) is 6.61 Å².